The number of unbranched alkanes of at least 4 members (excludes halogenated alkanes) is 1. The number of ether oxygens (including phenoxy) is 1. The van der Waals surface area contributed by atoms with Crippen molar-refractivity contribution in [3.63, 3.8) is 0 Å². The highest BCUT2D eigenvalue weighted by molar-refractivity contribution is 7.90. The zero-order chi connectivity index (χ0) is 49.8. The number of guanidine groups is 1. The van der Waals surface area contributed by atoms with Gasteiger partial charge in [-0.2, -0.15) is 0 Å². The first-order chi connectivity index (χ1) is 32.8. The monoisotopic (exact) mass is 976 g/mol. The van der Waals surface area contributed by atoms with Crippen LogP contribution < -0.4 is 30.5 Å². The second-order valence-electron chi connectivity index (χ2n) is 18.3. The summed E-state index contributed by atoms with van der Waals surface area (Å²) in [6.45, 7) is 9.55. The van der Waals surface area contributed by atoms with E-state index in [1.54, 1.807) is 80.6 Å². The van der Waals surface area contributed by atoms with E-state index in [0.717, 1.165) is 34.4 Å². The lowest BCUT2D eigenvalue weighted by atomic mass is 9.88. The minimum atomic E-state index is -4.12. The Balaban J connectivity index is 1.17. The van der Waals surface area contributed by atoms with Crippen LogP contribution in [-0.4, -0.2) is 70.7 Å². The molecule has 5 aromatic rings. The molecule has 69 heavy (non-hydrogen) atoms. The number of amides is 2. The molecule has 6 rings (SSSR count). The molecule has 366 valence electrons. The number of aliphatic imine (C=N–C) groups is 1. The van der Waals surface area contributed by atoms with E-state index < -0.39 is 50.0 Å². The zero-order valence-corrected chi connectivity index (χ0v) is 41.6. The molecule has 0 unspecified atom stereocenters. The third-order valence-electron chi connectivity index (χ3n) is 12.3. The normalized spacial score (nSPS) is 14.9. The van der Waals surface area contributed by atoms with Crippen LogP contribution in [0.1, 0.15) is 84.0 Å². The lowest BCUT2D eigenvalue weighted by Crippen LogP contribution is -2.57. The maximum Gasteiger partial charge on any atom is 0.264 e. The molecule has 5 aromatic carbocycles. The molecule has 0 aromatic heterocycles. The summed E-state index contributed by atoms with van der Waals surface area (Å²) in [7, 11) is -8.16. The van der Waals surface area contributed by atoms with Crippen molar-refractivity contribution in [1.29, 1.82) is 0 Å². The van der Waals surface area contributed by atoms with Crippen molar-refractivity contribution in [2.75, 3.05) is 6.54 Å². The van der Waals surface area contributed by atoms with Crippen LogP contribution in [0.4, 0.5) is 0 Å². The van der Waals surface area contributed by atoms with Crippen molar-refractivity contribution in [3.8, 4) is 5.75 Å². The van der Waals surface area contributed by atoms with Gasteiger partial charge in [0, 0.05) is 19.4 Å². The highest BCUT2D eigenvalue weighted by Gasteiger charge is 2.35. The fraction of sp³-hybridized carbons (Fsp3) is 0.358. The van der Waals surface area contributed by atoms with Gasteiger partial charge in [0.05, 0.1) is 16.7 Å². The molecule has 1 aliphatic rings. The zero-order valence-electron chi connectivity index (χ0n) is 40.0. The van der Waals surface area contributed by atoms with E-state index in [2.05, 4.69) is 25.1 Å². The molecule has 0 aliphatic carbocycles. The number of carbonyl (C=O) groups excluding carboxylic acids is 3. The number of rotatable bonds is 22. The van der Waals surface area contributed by atoms with Crippen molar-refractivity contribution >= 4 is 43.6 Å². The van der Waals surface area contributed by atoms with Crippen LogP contribution in [0.2, 0.25) is 0 Å². The average molecular weight is 977 g/mol. The molecule has 0 bridgehead atoms. The van der Waals surface area contributed by atoms with E-state index in [4.69, 9.17) is 10.5 Å². The molecule has 3 atom stereocenters. The molecule has 16 heteroatoms. The van der Waals surface area contributed by atoms with Crippen molar-refractivity contribution in [1.82, 2.24) is 20.1 Å². The summed E-state index contributed by atoms with van der Waals surface area (Å²) >= 11 is 0. The number of nitrogens with zero attached hydrogens (tertiary/aromatic N) is 1. The largest absolute Gasteiger partial charge is 0.487 e. The van der Waals surface area contributed by atoms with Crippen LogP contribution in [0.3, 0.4) is 0 Å². The molecular formula is C53H64N6O8S2. The van der Waals surface area contributed by atoms with Gasteiger partial charge in [0.15, 0.2) is 5.78 Å². The van der Waals surface area contributed by atoms with E-state index >= 15 is 0 Å². The van der Waals surface area contributed by atoms with E-state index in [1.165, 1.54) is 0 Å². The predicted molar refractivity (Wildman–Crippen MR) is 270 cm³/mol. The lowest BCUT2D eigenvalue weighted by molar-refractivity contribution is -0.132. The molecule has 0 spiro atoms. The number of nitrogens with one attached hydrogen (secondary N) is 4. The van der Waals surface area contributed by atoms with Crippen LogP contribution in [0.15, 0.2) is 131 Å². The number of Topliss-reactive ketones (excluding diaryl/α,β-unsaturated/α-hetero) is 1. The summed E-state index contributed by atoms with van der Waals surface area (Å²) in [5.41, 5.74) is 11.3. The molecule has 0 radical (unpaired) electrons. The Hall–Kier alpha value is -6.36. The van der Waals surface area contributed by atoms with Crippen molar-refractivity contribution in [3.05, 3.63) is 166 Å². The van der Waals surface area contributed by atoms with Crippen LogP contribution in [0.5, 0.6) is 5.75 Å². The SMILES string of the molecule is Cc1c(C)c(S(=O)(=O)NC(N)=NCCCC[C@H](NC(=O)[C@H](Cc2ccccc2)NC(=O)[C@H](Cc2ccccc2)NS(=O)(=O)Cc2ccccc2)C(=O)Cc2ccccc2)c(C)c2c1OC(C)(C)CC2. The molecule has 2 amide bonds. The smallest absolute Gasteiger partial charge is 0.264 e. The Morgan fingerprint density at radius 2 is 1.17 bits per heavy atom. The van der Waals surface area contributed by atoms with Gasteiger partial charge in [0.2, 0.25) is 27.8 Å². The standard InChI is InChI=1S/C53H64N6O8S2/c1-36-37(2)49(38(3)43-29-30-53(4,5)67-48(36)43)69(65,66)59-52(54)55-31-19-18-28-44(47(60)34-41-24-14-8-15-25-41)56-50(61)45(32-39-20-10-6-11-21-39)57-51(62)46(33-40-22-12-7-13-23-40)58-68(63,64)35-42-26-16-9-17-27-42/h6-17,20-27,44-46,58H,18-19,28-35H2,1-5H3,(H,56,61)(H,57,62)(H3,54,55,59)/t44-,45-,46-/m0/s1. The number of hydrogen-bond acceptors (Lipinski definition) is 9. The molecular weight excluding hydrogens is 913 g/mol. The number of hydrogen-bond donors (Lipinski definition) is 5. The van der Waals surface area contributed by atoms with Gasteiger partial charge in [-0.25, -0.2) is 26.3 Å². The van der Waals surface area contributed by atoms with Gasteiger partial charge < -0.3 is 21.1 Å². The van der Waals surface area contributed by atoms with Crippen molar-refractivity contribution in [2.45, 2.75) is 120 Å². The second-order valence-corrected chi connectivity index (χ2v) is 21.7. The first-order valence-electron chi connectivity index (χ1n) is 23.2. The Kier molecular flexibility index (Phi) is 17.6. The number of sulfonamides is 2. The fourth-order valence-electron chi connectivity index (χ4n) is 8.56. The highest BCUT2D eigenvalue weighted by atomic mass is 32.2. The Bertz CT molecular complexity index is 2830. The summed E-state index contributed by atoms with van der Waals surface area (Å²) in [6, 6.07) is 32.3. The topological polar surface area (TPSA) is 215 Å². The Morgan fingerprint density at radius 1 is 0.667 bits per heavy atom. The summed E-state index contributed by atoms with van der Waals surface area (Å²) in [4.78, 5) is 47.2. The quantitative estimate of drug-likeness (QED) is 0.0301. The summed E-state index contributed by atoms with van der Waals surface area (Å²) in [6.07, 6.45) is 2.49. The van der Waals surface area contributed by atoms with E-state index in [1.807, 2.05) is 75.4 Å². The first-order valence-corrected chi connectivity index (χ1v) is 26.4. The lowest BCUT2D eigenvalue weighted by Gasteiger charge is -2.35. The maximum absolute atomic E-state index is 14.4. The molecule has 6 N–H and O–H groups in total. The van der Waals surface area contributed by atoms with Gasteiger partial charge in [-0.3, -0.25) is 19.4 Å². The average Bonchev–Trinajstić information content (AvgIpc) is 3.30. The predicted octanol–water partition coefficient (Wildman–Crippen LogP) is 6.23. The number of benzene rings is 5. The van der Waals surface area contributed by atoms with Crippen LogP contribution in [-0.2, 0) is 65.9 Å². The van der Waals surface area contributed by atoms with Gasteiger partial charge in [0.25, 0.3) is 10.0 Å². The van der Waals surface area contributed by atoms with Crippen molar-refractivity contribution in [2.24, 2.45) is 10.7 Å². The minimum absolute atomic E-state index is 0.00796. The Labute approximate surface area is 407 Å². The Morgan fingerprint density at radius 3 is 1.75 bits per heavy atom. The van der Waals surface area contributed by atoms with Gasteiger partial charge in [-0.1, -0.05) is 121 Å². The van der Waals surface area contributed by atoms with Gasteiger partial charge in [-0.15, -0.1) is 0 Å². The summed E-state index contributed by atoms with van der Waals surface area (Å²) in [5.74, 6) is -1.51. The van der Waals surface area contributed by atoms with Gasteiger partial charge in [-0.05, 0) is 118 Å². The van der Waals surface area contributed by atoms with Gasteiger partial charge in [0.1, 0.15) is 23.4 Å². The number of carbonyl (C=O) groups is 3. The van der Waals surface area contributed by atoms with Crippen LogP contribution >= 0.6 is 0 Å². The first kappa shape index (κ1) is 52.0. The molecule has 0 saturated heterocycles. The third-order valence-corrected chi connectivity index (χ3v) is 15.3. The van der Waals surface area contributed by atoms with Gasteiger partial charge >= 0.3 is 0 Å². The molecule has 0 fully saturated rings. The van der Waals surface area contributed by atoms with E-state index in [-0.39, 0.29) is 60.2 Å². The summed E-state index contributed by atoms with van der Waals surface area (Å²) in [5, 5.41) is 5.75. The van der Waals surface area contributed by atoms with E-state index in [9.17, 15) is 31.2 Å². The maximum atomic E-state index is 14.4. The molecule has 1 aliphatic heterocycles. The van der Waals surface area contributed by atoms with Crippen LogP contribution in [0.25, 0.3) is 0 Å². The van der Waals surface area contributed by atoms with E-state index in [0.29, 0.717) is 41.5 Å². The molecule has 0 saturated carbocycles. The molecule has 1 heterocycles. The second kappa shape index (κ2) is 23.3. The number of fused-ring (bicyclic) bond motifs is 1. The fourth-order valence-corrected chi connectivity index (χ4v) is 11.4. The van der Waals surface area contributed by atoms with Crippen molar-refractivity contribution < 1.29 is 36.0 Å². The highest BCUT2D eigenvalue weighted by Crippen LogP contribution is 2.42. The minimum Gasteiger partial charge on any atom is -0.487 e. The molecule has 14 nitrogen and oxygen atoms in total. The number of ketones is 1. The third kappa shape index (κ3) is 14.8. The van der Waals surface area contributed by atoms with Crippen LogP contribution in [0, 0.1) is 20.8 Å². The summed E-state index contributed by atoms with van der Waals surface area (Å²) < 4.78 is 66.0. The number of nitrogens with two attached hydrogens (primary N) is 1.